The van der Waals surface area contributed by atoms with E-state index in [9.17, 15) is 8.42 Å². The topological polar surface area (TPSA) is 70.0 Å². The van der Waals surface area contributed by atoms with Gasteiger partial charge in [-0.3, -0.25) is 0 Å². The van der Waals surface area contributed by atoms with Crippen LogP contribution in [0, 0.1) is 18.3 Å². The Labute approximate surface area is 99.9 Å². The first kappa shape index (κ1) is 13.0. The first-order valence-electron chi connectivity index (χ1n) is 4.56. The summed E-state index contributed by atoms with van der Waals surface area (Å²) in [7, 11) is -3.57. The second-order valence-corrected chi connectivity index (χ2v) is 5.56. The number of aryl methyl sites for hydroxylation is 1. The molecular formula is C10H11ClN2O2S. The van der Waals surface area contributed by atoms with Crippen LogP contribution in [0.2, 0.25) is 0 Å². The summed E-state index contributed by atoms with van der Waals surface area (Å²) in [6, 6.07) is 8.16. The monoisotopic (exact) mass is 258 g/mol. The van der Waals surface area contributed by atoms with E-state index in [2.05, 4.69) is 4.72 Å². The molecule has 1 rings (SSSR count). The van der Waals surface area contributed by atoms with Gasteiger partial charge in [0.05, 0.1) is 11.0 Å². The van der Waals surface area contributed by atoms with Crippen molar-refractivity contribution in [1.82, 2.24) is 4.72 Å². The molecule has 0 amide bonds. The minimum Gasteiger partial charge on any atom is -0.209 e. The molecule has 0 heterocycles. The maximum absolute atomic E-state index is 11.7. The average Bonchev–Trinajstić information content (AvgIpc) is 2.26. The van der Waals surface area contributed by atoms with Gasteiger partial charge in [0.2, 0.25) is 10.0 Å². The van der Waals surface area contributed by atoms with Crippen LogP contribution in [0.1, 0.15) is 5.56 Å². The largest absolute Gasteiger partial charge is 0.240 e. The molecule has 0 spiro atoms. The van der Waals surface area contributed by atoms with Crippen molar-refractivity contribution in [3.05, 3.63) is 29.8 Å². The summed E-state index contributed by atoms with van der Waals surface area (Å²) in [5, 5.41) is 7.56. The summed E-state index contributed by atoms with van der Waals surface area (Å²) < 4.78 is 25.6. The summed E-state index contributed by atoms with van der Waals surface area (Å²) in [5.74, 6) is 0. The van der Waals surface area contributed by atoms with E-state index >= 15 is 0 Å². The predicted molar refractivity (Wildman–Crippen MR) is 61.6 cm³/mol. The van der Waals surface area contributed by atoms with E-state index in [-0.39, 0.29) is 11.4 Å². The highest BCUT2D eigenvalue weighted by molar-refractivity contribution is 7.89. The molecule has 0 saturated heterocycles. The number of hydrogen-bond acceptors (Lipinski definition) is 3. The number of nitrogens with one attached hydrogen (secondary N) is 1. The number of halogens is 1. The van der Waals surface area contributed by atoms with Crippen LogP contribution < -0.4 is 4.72 Å². The van der Waals surface area contributed by atoms with Crippen molar-refractivity contribution in [1.29, 1.82) is 5.26 Å². The van der Waals surface area contributed by atoms with Crippen molar-refractivity contribution in [2.45, 2.75) is 17.2 Å². The second-order valence-electron chi connectivity index (χ2n) is 3.26. The number of alkyl halides is 1. The number of sulfonamides is 1. The summed E-state index contributed by atoms with van der Waals surface area (Å²) >= 11 is 5.50. The Bertz CT molecular complexity index is 491. The average molecular weight is 259 g/mol. The zero-order chi connectivity index (χ0) is 12.2. The second kappa shape index (κ2) is 5.30. The third kappa shape index (κ3) is 3.49. The molecule has 6 heteroatoms. The van der Waals surface area contributed by atoms with Gasteiger partial charge < -0.3 is 0 Å². The van der Waals surface area contributed by atoms with E-state index in [0.717, 1.165) is 5.56 Å². The molecule has 0 aliphatic carbocycles. The maximum atomic E-state index is 11.7. The van der Waals surface area contributed by atoms with Gasteiger partial charge in [-0.25, -0.2) is 13.1 Å². The molecule has 0 saturated carbocycles. The Balaban J connectivity index is 2.79. The number of nitriles is 1. The molecule has 0 aliphatic heterocycles. The molecule has 0 bridgehead atoms. The fraction of sp³-hybridized carbons (Fsp3) is 0.300. The van der Waals surface area contributed by atoms with E-state index in [4.69, 9.17) is 16.9 Å². The van der Waals surface area contributed by atoms with Crippen molar-refractivity contribution in [3.8, 4) is 6.07 Å². The minimum atomic E-state index is -3.57. The van der Waals surface area contributed by atoms with Gasteiger partial charge in [-0.05, 0) is 19.1 Å². The van der Waals surface area contributed by atoms with Crippen LogP contribution in [0.25, 0.3) is 0 Å². The van der Waals surface area contributed by atoms with Crippen molar-refractivity contribution in [3.63, 3.8) is 0 Å². The smallest absolute Gasteiger partial charge is 0.209 e. The number of rotatable bonds is 4. The lowest BCUT2D eigenvalue weighted by Crippen LogP contribution is -2.29. The molecule has 1 aromatic carbocycles. The van der Waals surface area contributed by atoms with E-state index in [1.54, 1.807) is 18.2 Å². The lowest BCUT2D eigenvalue weighted by Gasteiger charge is -2.06. The van der Waals surface area contributed by atoms with Crippen LogP contribution in [-0.4, -0.2) is 20.3 Å². The molecular weight excluding hydrogens is 248 g/mol. The molecule has 0 aliphatic rings. The lowest BCUT2D eigenvalue weighted by atomic mass is 10.2. The minimum absolute atomic E-state index is 0.103. The van der Waals surface area contributed by atoms with E-state index in [1.807, 2.05) is 6.92 Å². The Morgan fingerprint density at radius 2 is 2.00 bits per heavy atom. The Morgan fingerprint density at radius 3 is 2.50 bits per heavy atom. The van der Waals surface area contributed by atoms with E-state index in [1.165, 1.54) is 12.1 Å². The Hall–Kier alpha value is -1.09. The molecule has 1 unspecified atom stereocenters. The molecule has 0 aromatic heterocycles. The highest BCUT2D eigenvalue weighted by Gasteiger charge is 2.14. The van der Waals surface area contributed by atoms with Crippen LogP contribution in [-0.2, 0) is 10.0 Å². The zero-order valence-electron chi connectivity index (χ0n) is 8.64. The van der Waals surface area contributed by atoms with Gasteiger partial charge in [0.15, 0.2) is 0 Å². The molecule has 1 aromatic rings. The molecule has 86 valence electrons. The van der Waals surface area contributed by atoms with E-state index < -0.39 is 15.4 Å². The van der Waals surface area contributed by atoms with Crippen LogP contribution in [0.15, 0.2) is 29.2 Å². The first-order chi connectivity index (χ1) is 7.45. The zero-order valence-corrected chi connectivity index (χ0v) is 10.2. The third-order valence-electron chi connectivity index (χ3n) is 1.92. The summed E-state index contributed by atoms with van der Waals surface area (Å²) in [5.41, 5.74) is 0.978. The standard InChI is InChI=1S/C10H11ClN2O2S/c1-8-2-4-10(5-3-8)16(14,15)13-7-9(11)6-12/h2-5,9,13H,7H2,1H3. The highest BCUT2D eigenvalue weighted by Crippen LogP contribution is 2.09. The quantitative estimate of drug-likeness (QED) is 0.830. The SMILES string of the molecule is Cc1ccc(S(=O)(=O)NCC(Cl)C#N)cc1. The van der Waals surface area contributed by atoms with Crippen LogP contribution in [0.5, 0.6) is 0 Å². The number of nitrogens with zero attached hydrogens (tertiary/aromatic N) is 1. The van der Waals surface area contributed by atoms with Gasteiger partial charge in [0, 0.05) is 6.54 Å². The van der Waals surface area contributed by atoms with Crippen molar-refractivity contribution >= 4 is 21.6 Å². The fourth-order valence-corrected chi connectivity index (χ4v) is 2.25. The van der Waals surface area contributed by atoms with Crippen LogP contribution in [0.4, 0.5) is 0 Å². The predicted octanol–water partition coefficient (Wildman–Crippen LogP) is 1.40. The van der Waals surface area contributed by atoms with Crippen molar-refractivity contribution in [2.75, 3.05) is 6.54 Å². The summed E-state index contributed by atoms with van der Waals surface area (Å²) in [6.07, 6.45) is 0. The molecule has 0 fully saturated rings. The van der Waals surface area contributed by atoms with E-state index in [0.29, 0.717) is 0 Å². The van der Waals surface area contributed by atoms with Crippen LogP contribution in [0.3, 0.4) is 0 Å². The molecule has 4 nitrogen and oxygen atoms in total. The molecule has 0 radical (unpaired) electrons. The summed E-state index contributed by atoms with van der Waals surface area (Å²) in [6.45, 7) is 1.77. The van der Waals surface area contributed by atoms with Gasteiger partial charge in [-0.1, -0.05) is 17.7 Å². The molecule has 1 atom stereocenters. The first-order valence-corrected chi connectivity index (χ1v) is 6.47. The van der Waals surface area contributed by atoms with Gasteiger partial charge >= 0.3 is 0 Å². The Kier molecular flexibility index (Phi) is 4.30. The van der Waals surface area contributed by atoms with Crippen molar-refractivity contribution < 1.29 is 8.42 Å². The summed E-state index contributed by atoms with van der Waals surface area (Å²) in [4.78, 5) is 0.167. The molecule has 1 N–H and O–H groups in total. The fourth-order valence-electron chi connectivity index (χ4n) is 1.03. The van der Waals surface area contributed by atoms with Gasteiger partial charge in [-0.2, -0.15) is 5.26 Å². The van der Waals surface area contributed by atoms with Gasteiger partial charge in [-0.15, -0.1) is 11.6 Å². The normalized spacial score (nSPS) is 13.1. The number of hydrogen-bond donors (Lipinski definition) is 1. The van der Waals surface area contributed by atoms with Crippen molar-refractivity contribution in [2.24, 2.45) is 0 Å². The molecule has 16 heavy (non-hydrogen) atoms. The maximum Gasteiger partial charge on any atom is 0.240 e. The van der Waals surface area contributed by atoms with Gasteiger partial charge in [0.25, 0.3) is 0 Å². The van der Waals surface area contributed by atoms with Crippen LogP contribution >= 0.6 is 11.6 Å². The highest BCUT2D eigenvalue weighted by atomic mass is 35.5. The Morgan fingerprint density at radius 1 is 1.44 bits per heavy atom. The number of benzene rings is 1. The third-order valence-corrected chi connectivity index (χ3v) is 3.62. The van der Waals surface area contributed by atoms with Gasteiger partial charge in [0.1, 0.15) is 5.38 Å². The lowest BCUT2D eigenvalue weighted by molar-refractivity contribution is 0.582.